The van der Waals surface area contributed by atoms with E-state index in [-0.39, 0.29) is 12.2 Å². The van der Waals surface area contributed by atoms with Gasteiger partial charge in [-0.2, -0.15) is 0 Å². The number of amides is 1. The molecule has 0 spiro atoms. The van der Waals surface area contributed by atoms with Gasteiger partial charge in [0.25, 0.3) is 5.91 Å². The summed E-state index contributed by atoms with van der Waals surface area (Å²) in [6, 6.07) is 21.7. The Morgan fingerprint density at radius 3 is 2.21 bits per heavy atom. The van der Waals surface area contributed by atoms with Gasteiger partial charge in [-0.3, -0.25) is 9.59 Å². The summed E-state index contributed by atoms with van der Waals surface area (Å²) in [5, 5.41) is 2.78. The molecule has 3 rings (SSSR count). The van der Waals surface area contributed by atoms with Crippen LogP contribution in [-0.4, -0.2) is 11.9 Å². The number of benzene rings is 3. The maximum Gasteiger partial charge on any atom is 0.311 e. The summed E-state index contributed by atoms with van der Waals surface area (Å²) in [6.07, 6.45) is -1.14. The maximum absolute atomic E-state index is 13.0. The van der Waals surface area contributed by atoms with Crippen molar-refractivity contribution in [2.75, 3.05) is 5.32 Å². The van der Waals surface area contributed by atoms with Gasteiger partial charge in [0.05, 0.1) is 6.42 Å². The second-order valence-corrected chi connectivity index (χ2v) is 6.44. The molecule has 4 nitrogen and oxygen atoms in total. The Morgan fingerprint density at radius 2 is 1.57 bits per heavy atom. The van der Waals surface area contributed by atoms with Crippen molar-refractivity contribution in [2.24, 2.45) is 0 Å². The number of ether oxygens (including phenoxy) is 1. The highest BCUT2D eigenvalue weighted by molar-refractivity contribution is 5.96. The molecule has 0 unspecified atom stereocenters. The standard InChI is InChI=1S/C23H20FNO3/c1-16-7-13-20(14-8-16)25-23(27)22(18-5-3-2-4-6-18)28-21(26)15-17-9-11-19(24)12-10-17/h2-14,22H,15H2,1H3,(H,25,27)/t22-/m1/s1. The minimum absolute atomic E-state index is 0.0541. The van der Waals surface area contributed by atoms with Gasteiger partial charge in [0, 0.05) is 11.3 Å². The number of esters is 1. The lowest BCUT2D eigenvalue weighted by Crippen LogP contribution is -2.26. The predicted molar refractivity (Wildman–Crippen MR) is 105 cm³/mol. The first-order chi connectivity index (χ1) is 13.5. The van der Waals surface area contributed by atoms with Crippen LogP contribution in [0.3, 0.4) is 0 Å². The molecule has 0 saturated carbocycles. The van der Waals surface area contributed by atoms with E-state index < -0.39 is 18.0 Å². The highest BCUT2D eigenvalue weighted by Gasteiger charge is 2.25. The highest BCUT2D eigenvalue weighted by Crippen LogP contribution is 2.21. The van der Waals surface area contributed by atoms with Crippen LogP contribution in [0.4, 0.5) is 10.1 Å². The van der Waals surface area contributed by atoms with E-state index in [2.05, 4.69) is 5.32 Å². The molecule has 3 aromatic rings. The molecule has 0 aliphatic rings. The van der Waals surface area contributed by atoms with Crippen LogP contribution in [0.5, 0.6) is 0 Å². The number of hydrogen-bond acceptors (Lipinski definition) is 3. The van der Waals surface area contributed by atoms with Crippen molar-refractivity contribution in [1.82, 2.24) is 0 Å². The first-order valence-corrected chi connectivity index (χ1v) is 8.87. The van der Waals surface area contributed by atoms with Crippen LogP contribution in [0.25, 0.3) is 0 Å². The molecule has 0 aliphatic heterocycles. The third kappa shape index (κ3) is 5.27. The predicted octanol–water partition coefficient (Wildman–Crippen LogP) is 4.60. The first-order valence-electron chi connectivity index (χ1n) is 8.87. The van der Waals surface area contributed by atoms with Gasteiger partial charge in [0.2, 0.25) is 6.10 Å². The van der Waals surface area contributed by atoms with Crippen molar-refractivity contribution in [2.45, 2.75) is 19.4 Å². The molecule has 3 aromatic carbocycles. The Morgan fingerprint density at radius 1 is 0.929 bits per heavy atom. The van der Waals surface area contributed by atoms with E-state index in [4.69, 9.17) is 4.74 Å². The molecule has 1 atom stereocenters. The number of carbonyl (C=O) groups excluding carboxylic acids is 2. The fourth-order valence-electron chi connectivity index (χ4n) is 2.69. The normalized spacial score (nSPS) is 11.5. The van der Waals surface area contributed by atoms with Crippen LogP contribution in [0.15, 0.2) is 78.9 Å². The van der Waals surface area contributed by atoms with Gasteiger partial charge in [-0.1, -0.05) is 60.2 Å². The van der Waals surface area contributed by atoms with E-state index in [9.17, 15) is 14.0 Å². The van der Waals surface area contributed by atoms with Gasteiger partial charge in [-0.25, -0.2) is 4.39 Å². The molecule has 5 heteroatoms. The van der Waals surface area contributed by atoms with Crippen molar-refractivity contribution >= 4 is 17.6 Å². The van der Waals surface area contributed by atoms with Crippen molar-refractivity contribution in [1.29, 1.82) is 0 Å². The lowest BCUT2D eigenvalue weighted by atomic mass is 10.1. The first kappa shape index (κ1) is 19.3. The van der Waals surface area contributed by atoms with Gasteiger partial charge in [0.15, 0.2) is 0 Å². The average Bonchev–Trinajstić information content (AvgIpc) is 2.70. The molecular formula is C23H20FNO3. The Kier molecular flexibility index (Phi) is 6.17. The summed E-state index contributed by atoms with van der Waals surface area (Å²) in [6.45, 7) is 1.95. The molecule has 0 fully saturated rings. The van der Waals surface area contributed by atoms with Crippen LogP contribution < -0.4 is 5.32 Å². The van der Waals surface area contributed by atoms with Crippen molar-refractivity contribution in [3.63, 3.8) is 0 Å². The summed E-state index contributed by atoms with van der Waals surface area (Å²) in [7, 11) is 0. The molecule has 142 valence electrons. The fraction of sp³-hybridized carbons (Fsp3) is 0.130. The van der Waals surface area contributed by atoms with Crippen LogP contribution in [0.1, 0.15) is 22.8 Å². The summed E-state index contributed by atoms with van der Waals surface area (Å²) in [5.74, 6) is -1.39. The van der Waals surface area contributed by atoms with Gasteiger partial charge in [-0.05, 0) is 36.8 Å². The molecule has 0 aliphatic carbocycles. The highest BCUT2D eigenvalue weighted by atomic mass is 19.1. The third-order valence-corrected chi connectivity index (χ3v) is 4.17. The van der Waals surface area contributed by atoms with E-state index in [1.807, 2.05) is 25.1 Å². The molecule has 0 bridgehead atoms. The lowest BCUT2D eigenvalue weighted by Gasteiger charge is -2.18. The SMILES string of the molecule is Cc1ccc(NC(=O)[C@H](OC(=O)Cc2ccc(F)cc2)c2ccccc2)cc1. The Hall–Kier alpha value is -3.47. The number of rotatable bonds is 6. The number of anilines is 1. The van der Waals surface area contributed by atoms with Crippen molar-refractivity contribution < 1.29 is 18.7 Å². The molecule has 0 radical (unpaired) electrons. The molecule has 1 N–H and O–H groups in total. The van der Waals surface area contributed by atoms with E-state index in [0.29, 0.717) is 16.8 Å². The number of halogens is 1. The summed E-state index contributed by atoms with van der Waals surface area (Å²) in [5.41, 5.74) is 2.87. The second-order valence-electron chi connectivity index (χ2n) is 6.44. The van der Waals surface area contributed by atoms with Crippen LogP contribution in [-0.2, 0) is 20.7 Å². The van der Waals surface area contributed by atoms with Gasteiger partial charge in [-0.15, -0.1) is 0 Å². The molecule has 0 saturated heterocycles. The summed E-state index contributed by atoms with van der Waals surface area (Å²) in [4.78, 5) is 25.2. The molecule has 1 amide bonds. The Labute approximate surface area is 163 Å². The van der Waals surface area contributed by atoms with Crippen LogP contribution >= 0.6 is 0 Å². The van der Waals surface area contributed by atoms with Crippen molar-refractivity contribution in [3.8, 4) is 0 Å². The number of nitrogens with one attached hydrogen (secondary N) is 1. The number of aryl methyl sites for hydroxylation is 1. The molecular weight excluding hydrogens is 357 g/mol. The maximum atomic E-state index is 13.0. The zero-order chi connectivity index (χ0) is 19.9. The monoisotopic (exact) mass is 377 g/mol. The summed E-state index contributed by atoms with van der Waals surface area (Å²) < 4.78 is 18.5. The van der Waals surface area contributed by atoms with E-state index in [1.54, 1.807) is 36.4 Å². The molecule has 28 heavy (non-hydrogen) atoms. The van der Waals surface area contributed by atoms with Crippen molar-refractivity contribution in [3.05, 3.63) is 101 Å². The molecule has 0 heterocycles. The van der Waals surface area contributed by atoms with E-state index in [0.717, 1.165) is 5.56 Å². The second kappa shape index (κ2) is 8.95. The minimum Gasteiger partial charge on any atom is -0.447 e. The quantitative estimate of drug-likeness (QED) is 0.639. The van der Waals surface area contributed by atoms with Gasteiger partial charge < -0.3 is 10.1 Å². The third-order valence-electron chi connectivity index (χ3n) is 4.17. The Bertz CT molecular complexity index is 938. The van der Waals surface area contributed by atoms with Crippen LogP contribution in [0.2, 0.25) is 0 Å². The van der Waals surface area contributed by atoms with E-state index in [1.165, 1.54) is 24.3 Å². The lowest BCUT2D eigenvalue weighted by molar-refractivity contribution is -0.154. The minimum atomic E-state index is -1.09. The molecule has 0 aromatic heterocycles. The van der Waals surface area contributed by atoms with Gasteiger partial charge in [0.1, 0.15) is 5.82 Å². The zero-order valence-electron chi connectivity index (χ0n) is 15.4. The fourth-order valence-corrected chi connectivity index (χ4v) is 2.69. The average molecular weight is 377 g/mol. The number of hydrogen-bond donors (Lipinski definition) is 1. The Balaban J connectivity index is 1.75. The topological polar surface area (TPSA) is 55.4 Å². The smallest absolute Gasteiger partial charge is 0.311 e. The van der Waals surface area contributed by atoms with E-state index >= 15 is 0 Å². The number of carbonyl (C=O) groups is 2. The summed E-state index contributed by atoms with van der Waals surface area (Å²) >= 11 is 0. The largest absolute Gasteiger partial charge is 0.447 e. The zero-order valence-corrected chi connectivity index (χ0v) is 15.4. The van der Waals surface area contributed by atoms with Crippen LogP contribution in [0, 0.1) is 12.7 Å². The van der Waals surface area contributed by atoms with Gasteiger partial charge >= 0.3 is 5.97 Å².